The van der Waals surface area contributed by atoms with Crippen LogP contribution in [-0.2, 0) is 9.59 Å². The van der Waals surface area contributed by atoms with E-state index in [1.165, 1.54) is 24.7 Å². The van der Waals surface area contributed by atoms with Crippen LogP contribution in [-0.4, -0.2) is 66.8 Å². The first-order valence-corrected chi connectivity index (χ1v) is 12.4. The Balaban J connectivity index is 2.02. The van der Waals surface area contributed by atoms with Gasteiger partial charge in [-0.2, -0.15) is 0 Å². The van der Waals surface area contributed by atoms with Gasteiger partial charge in [-0.3, -0.25) is 14.4 Å². The van der Waals surface area contributed by atoms with E-state index >= 15 is 0 Å². The molecule has 0 aromatic heterocycles. The highest BCUT2D eigenvalue weighted by Crippen LogP contribution is 2.25. The van der Waals surface area contributed by atoms with Crippen LogP contribution in [0.4, 0.5) is 5.69 Å². The molecule has 10 heteroatoms. The van der Waals surface area contributed by atoms with Crippen LogP contribution in [0.2, 0.25) is 0 Å². The SMILES string of the molecule is C=CCNC(=O)/C(N)=C(\SNc1cccc(C(=O)NCCCN2CCCC2)c1)N(CC)C(C)=O. The fraction of sp³-hybridized carbons (Fsp3) is 0.458. The van der Waals surface area contributed by atoms with Gasteiger partial charge in [0.2, 0.25) is 5.91 Å². The zero-order chi connectivity index (χ0) is 24.9. The molecule has 0 spiro atoms. The molecule has 1 saturated heterocycles. The van der Waals surface area contributed by atoms with E-state index in [2.05, 4.69) is 26.8 Å². The summed E-state index contributed by atoms with van der Waals surface area (Å²) in [7, 11) is 0. The van der Waals surface area contributed by atoms with E-state index in [0.717, 1.165) is 38.0 Å². The first-order chi connectivity index (χ1) is 16.4. The van der Waals surface area contributed by atoms with Gasteiger partial charge < -0.3 is 30.9 Å². The second-order valence-electron chi connectivity index (χ2n) is 7.92. The number of nitrogens with two attached hydrogens (primary N) is 1. The van der Waals surface area contributed by atoms with E-state index in [4.69, 9.17) is 5.73 Å². The minimum atomic E-state index is -0.494. The summed E-state index contributed by atoms with van der Waals surface area (Å²) in [6.07, 6.45) is 4.98. The summed E-state index contributed by atoms with van der Waals surface area (Å²) in [6, 6.07) is 7.03. The van der Waals surface area contributed by atoms with Crippen molar-refractivity contribution in [3.05, 3.63) is 53.2 Å². The van der Waals surface area contributed by atoms with E-state index in [9.17, 15) is 14.4 Å². The summed E-state index contributed by atoms with van der Waals surface area (Å²) in [6.45, 7) is 11.3. The molecule has 1 aromatic rings. The summed E-state index contributed by atoms with van der Waals surface area (Å²) >= 11 is 1.05. The Bertz CT molecular complexity index is 898. The highest BCUT2D eigenvalue weighted by molar-refractivity contribution is 8.04. The molecule has 9 nitrogen and oxygen atoms in total. The van der Waals surface area contributed by atoms with Crippen molar-refractivity contribution >= 4 is 35.4 Å². The molecule has 0 radical (unpaired) electrons. The number of anilines is 1. The molecule has 0 unspecified atom stereocenters. The number of rotatable bonds is 13. The van der Waals surface area contributed by atoms with E-state index in [1.807, 2.05) is 0 Å². The van der Waals surface area contributed by atoms with Crippen molar-refractivity contribution in [1.82, 2.24) is 20.4 Å². The van der Waals surface area contributed by atoms with Gasteiger partial charge in [-0.25, -0.2) is 0 Å². The van der Waals surface area contributed by atoms with Gasteiger partial charge in [-0.1, -0.05) is 12.1 Å². The lowest BCUT2D eigenvalue weighted by Gasteiger charge is -2.24. The molecule has 3 amide bonds. The molecule has 1 aromatic carbocycles. The smallest absolute Gasteiger partial charge is 0.270 e. The first-order valence-electron chi connectivity index (χ1n) is 11.6. The highest BCUT2D eigenvalue weighted by atomic mass is 32.2. The molecule has 1 aliphatic rings. The predicted octanol–water partition coefficient (Wildman–Crippen LogP) is 2.26. The Morgan fingerprint density at radius 1 is 1.24 bits per heavy atom. The summed E-state index contributed by atoms with van der Waals surface area (Å²) in [5.74, 6) is -0.882. The first kappa shape index (κ1) is 27.3. The monoisotopic (exact) mass is 488 g/mol. The van der Waals surface area contributed by atoms with Gasteiger partial charge in [0.05, 0.1) is 0 Å². The molecule has 0 bridgehead atoms. The van der Waals surface area contributed by atoms with Gasteiger partial charge in [-0.15, -0.1) is 6.58 Å². The molecule has 2 rings (SSSR count). The van der Waals surface area contributed by atoms with Gasteiger partial charge in [0, 0.05) is 49.8 Å². The third-order valence-electron chi connectivity index (χ3n) is 5.35. The molecular weight excluding hydrogens is 452 g/mol. The summed E-state index contributed by atoms with van der Waals surface area (Å²) in [4.78, 5) is 40.9. The fourth-order valence-corrected chi connectivity index (χ4v) is 4.48. The minimum Gasteiger partial charge on any atom is -0.392 e. The van der Waals surface area contributed by atoms with Gasteiger partial charge in [-0.05, 0) is 64.0 Å². The summed E-state index contributed by atoms with van der Waals surface area (Å²) in [5.41, 5.74) is 7.17. The van der Waals surface area contributed by atoms with Gasteiger partial charge in [0.1, 0.15) is 10.7 Å². The minimum absolute atomic E-state index is 0.0803. The largest absolute Gasteiger partial charge is 0.392 e. The highest BCUT2D eigenvalue weighted by Gasteiger charge is 2.21. The van der Waals surface area contributed by atoms with Gasteiger partial charge >= 0.3 is 0 Å². The number of likely N-dealkylation sites (tertiary alicyclic amines) is 1. The van der Waals surface area contributed by atoms with E-state index in [0.29, 0.717) is 24.3 Å². The van der Waals surface area contributed by atoms with Crippen LogP contribution < -0.4 is 21.1 Å². The Hall–Kier alpha value is -2.98. The maximum absolute atomic E-state index is 12.6. The second-order valence-corrected chi connectivity index (χ2v) is 8.72. The number of amides is 3. The topological polar surface area (TPSA) is 120 Å². The van der Waals surface area contributed by atoms with E-state index in [-0.39, 0.29) is 29.1 Å². The number of nitrogens with one attached hydrogen (secondary N) is 3. The van der Waals surface area contributed by atoms with Crippen LogP contribution in [0.1, 0.15) is 43.5 Å². The number of hydrogen-bond donors (Lipinski definition) is 4. The molecule has 0 aliphatic carbocycles. The number of nitrogens with zero attached hydrogens (tertiary/aromatic N) is 2. The fourth-order valence-electron chi connectivity index (χ4n) is 3.57. The lowest BCUT2D eigenvalue weighted by atomic mass is 10.2. The Labute approximate surface area is 206 Å². The standard InChI is InChI=1S/C24H36N6O3S/c1-4-12-26-23(33)21(25)24(30(5-2)18(3)31)34-28-20-11-8-10-19(17-20)22(32)27-13-9-16-29-14-6-7-15-29/h4,8,10-11,17,28H,1,5-7,9,12-16,25H2,2-3H3,(H,26,33)(H,27,32)/b24-21+. The lowest BCUT2D eigenvalue weighted by Crippen LogP contribution is -2.35. The quantitative estimate of drug-likeness (QED) is 0.145. The van der Waals surface area contributed by atoms with Crippen molar-refractivity contribution in [2.45, 2.75) is 33.1 Å². The van der Waals surface area contributed by atoms with Crippen LogP contribution in [0.3, 0.4) is 0 Å². The Morgan fingerprint density at radius 2 is 1.97 bits per heavy atom. The summed E-state index contributed by atoms with van der Waals surface area (Å²) in [5, 5.41) is 5.87. The van der Waals surface area contributed by atoms with Crippen molar-refractivity contribution in [3.8, 4) is 0 Å². The van der Waals surface area contributed by atoms with Gasteiger partial charge in [0.25, 0.3) is 11.8 Å². The second kappa shape index (κ2) is 14.3. The molecular formula is C24H36N6O3S. The third-order valence-corrected chi connectivity index (χ3v) is 6.32. The van der Waals surface area contributed by atoms with Crippen LogP contribution >= 0.6 is 11.9 Å². The molecule has 34 heavy (non-hydrogen) atoms. The van der Waals surface area contributed by atoms with Crippen LogP contribution in [0.5, 0.6) is 0 Å². The average Bonchev–Trinajstić information content (AvgIpc) is 3.35. The number of hydrogen-bond acceptors (Lipinski definition) is 7. The van der Waals surface area contributed by atoms with Crippen LogP contribution in [0.25, 0.3) is 0 Å². The number of benzene rings is 1. The maximum Gasteiger partial charge on any atom is 0.270 e. The van der Waals surface area contributed by atoms with Crippen molar-refractivity contribution in [1.29, 1.82) is 0 Å². The molecule has 1 heterocycles. The third kappa shape index (κ3) is 8.42. The van der Waals surface area contributed by atoms with E-state index < -0.39 is 5.91 Å². The molecule has 1 fully saturated rings. The number of carbonyl (C=O) groups is 3. The lowest BCUT2D eigenvalue weighted by molar-refractivity contribution is -0.126. The maximum atomic E-state index is 12.6. The molecule has 186 valence electrons. The van der Waals surface area contributed by atoms with Crippen molar-refractivity contribution in [3.63, 3.8) is 0 Å². The Morgan fingerprint density at radius 3 is 2.62 bits per heavy atom. The molecule has 1 aliphatic heterocycles. The average molecular weight is 489 g/mol. The van der Waals surface area contributed by atoms with Gasteiger partial charge in [0.15, 0.2) is 0 Å². The van der Waals surface area contributed by atoms with E-state index in [1.54, 1.807) is 37.3 Å². The van der Waals surface area contributed by atoms with Crippen molar-refractivity contribution in [2.75, 3.05) is 44.0 Å². The predicted molar refractivity (Wildman–Crippen MR) is 138 cm³/mol. The van der Waals surface area contributed by atoms with Crippen LogP contribution in [0, 0.1) is 0 Å². The molecule has 0 atom stereocenters. The Kier molecular flexibility index (Phi) is 11.5. The zero-order valence-electron chi connectivity index (χ0n) is 20.1. The normalized spacial score (nSPS) is 14.2. The van der Waals surface area contributed by atoms with Crippen LogP contribution in [0.15, 0.2) is 47.6 Å². The molecule has 0 saturated carbocycles. The summed E-state index contributed by atoms with van der Waals surface area (Å²) < 4.78 is 3.10. The molecule has 5 N–H and O–H groups in total. The number of carbonyl (C=O) groups excluding carboxylic acids is 3. The van der Waals surface area contributed by atoms with Crippen molar-refractivity contribution < 1.29 is 14.4 Å². The zero-order valence-corrected chi connectivity index (χ0v) is 20.9. The van der Waals surface area contributed by atoms with Crippen molar-refractivity contribution in [2.24, 2.45) is 5.73 Å².